The van der Waals surface area contributed by atoms with E-state index in [2.05, 4.69) is 4.98 Å². The molecule has 1 saturated heterocycles. The van der Waals surface area contributed by atoms with Gasteiger partial charge in [0.25, 0.3) is 0 Å². The largest absolute Gasteiger partial charge is 0.480 e. The number of carbonyl (C=O) groups is 2. The van der Waals surface area contributed by atoms with E-state index in [0.29, 0.717) is 18.8 Å². The van der Waals surface area contributed by atoms with Gasteiger partial charge < -0.3 is 14.7 Å². The highest BCUT2D eigenvalue weighted by Gasteiger charge is 2.32. The Morgan fingerprint density at radius 1 is 1.67 bits per heavy atom. The van der Waals surface area contributed by atoms with Crippen LogP contribution < -0.4 is 0 Å². The summed E-state index contributed by atoms with van der Waals surface area (Å²) in [4.78, 5) is 28.7. The zero-order valence-electron chi connectivity index (χ0n) is 9.96. The molecule has 2 heterocycles. The average molecular weight is 270 g/mol. The SMILES string of the molecule is Cc1nc(CC(=O)N2CCOCC2C(=O)O)cs1. The van der Waals surface area contributed by atoms with E-state index in [1.165, 1.54) is 16.2 Å². The minimum Gasteiger partial charge on any atom is -0.480 e. The molecule has 0 aromatic carbocycles. The lowest BCUT2D eigenvalue weighted by atomic mass is 10.2. The number of hydrogen-bond donors (Lipinski definition) is 1. The molecule has 1 atom stereocenters. The fraction of sp³-hybridized carbons (Fsp3) is 0.545. The zero-order valence-corrected chi connectivity index (χ0v) is 10.8. The number of aliphatic carboxylic acids is 1. The molecule has 1 aliphatic heterocycles. The molecule has 1 unspecified atom stereocenters. The fourth-order valence-electron chi connectivity index (χ4n) is 1.85. The van der Waals surface area contributed by atoms with Gasteiger partial charge in [-0.25, -0.2) is 9.78 Å². The number of hydrogen-bond acceptors (Lipinski definition) is 5. The Hall–Kier alpha value is -1.47. The number of aryl methyl sites for hydroxylation is 1. The molecule has 7 heteroatoms. The van der Waals surface area contributed by atoms with Crippen LogP contribution in [0.2, 0.25) is 0 Å². The second kappa shape index (κ2) is 5.45. The Balaban J connectivity index is 2.04. The monoisotopic (exact) mass is 270 g/mol. The Morgan fingerprint density at radius 2 is 2.44 bits per heavy atom. The molecule has 6 nitrogen and oxygen atoms in total. The van der Waals surface area contributed by atoms with Crippen molar-refractivity contribution in [3.05, 3.63) is 16.1 Å². The first kappa shape index (κ1) is 13.0. The van der Waals surface area contributed by atoms with Gasteiger partial charge >= 0.3 is 5.97 Å². The van der Waals surface area contributed by atoms with Gasteiger partial charge in [0.2, 0.25) is 5.91 Å². The smallest absolute Gasteiger partial charge is 0.328 e. The standard InChI is InChI=1S/C11H14N2O4S/c1-7-12-8(6-18-7)4-10(14)13-2-3-17-5-9(13)11(15)16/h6,9H,2-5H2,1H3,(H,15,16). The Kier molecular flexibility index (Phi) is 3.93. The maximum atomic E-state index is 12.1. The average Bonchev–Trinajstić information content (AvgIpc) is 2.74. The van der Waals surface area contributed by atoms with Crippen LogP contribution in [0.4, 0.5) is 0 Å². The van der Waals surface area contributed by atoms with E-state index in [1.54, 1.807) is 0 Å². The van der Waals surface area contributed by atoms with Crippen molar-refractivity contribution < 1.29 is 19.4 Å². The topological polar surface area (TPSA) is 79.7 Å². The third kappa shape index (κ3) is 2.85. The van der Waals surface area contributed by atoms with Crippen LogP contribution in [0.15, 0.2) is 5.38 Å². The van der Waals surface area contributed by atoms with Crippen molar-refractivity contribution >= 4 is 23.2 Å². The number of carboxylic acids is 1. The zero-order chi connectivity index (χ0) is 13.1. The summed E-state index contributed by atoms with van der Waals surface area (Å²) in [6.45, 7) is 2.62. The van der Waals surface area contributed by atoms with Crippen molar-refractivity contribution in [2.75, 3.05) is 19.8 Å². The Labute approximate surface area is 108 Å². The molecule has 1 fully saturated rings. The van der Waals surface area contributed by atoms with Crippen LogP contribution in [0.1, 0.15) is 10.7 Å². The van der Waals surface area contributed by atoms with Gasteiger partial charge in [-0.2, -0.15) is 0 Å². The highest BCUT2D eigenvalue weighted by atomic mass is 32.1. The van der Waals surface area contributed by atoms with Crippen LogP contribution in [0, 0.1) is 6.92 Å². The van der Waals surface area contributed by atoms with Crippen LogP contribution in [0.25, 0.3) is 0 Å². The van der Waals surface area contributed by atoms with Crippen molar-refractivity contribution in [3.63, 3.8) is 0 Å². The lowest BCUT2D eigenvalue weighted by molar-refractivity contribution is -0.158. The van der Waals surface area contributed by atoms with Crippen LogP contribution in [-0.2, 0) is 20.7 Å². The number of ether oxygens (including phenoxy) is 1. The number of carbonyl (C=O) groups excluding carboxylic acids is 1. The lowest BCUT2D eigenvalue weighted by Crippen LogP contribution is -2.53. The molecule has 0 saturated carbocycles. The molecule has 0 bridgehead atoms. The van der Waals surface area contributed by atoms with E-state index in [0.717, 1.165) is 5.01 Å². The molecule has 18 heavy (non-hydrogen) atoms. The van der Waals surface area contributed by atoms with E-state index < -0.39 is 12.0 Å². The Bertz CT molecular complexity index is 460. The minimum atomic E-state index is -1.03. The van der Waals surface area contributed by atoms with Crippen molar-refractivity contribution in [1.29, 1.82) is 0 Å². The number of rotatable bonds is 3. The predicted molar refractivity (Wildman–Crippen MR) is 64.5 cm³/mol. The summed E-state index contributed by atoms with van der Waals surface area (Å²) in [5.41, 5.74) is 0.693. The number of morpholine rings is 1. The predicted octanol–water partition coefficient (Wildman–Crippen LogP) is 0.306. The molecule has 0 aliphatic carbocycles. The third-order valence-corrected chi connectivity index (χ3v) is 3.56. The van der Waals surface area contributed by atoms with Gasteiger partial charge in [-0.05, 0) is 6.92 Å². The van der Waals surface area contributed by atoms with E-state index in [9.17, 15) is 9.59 Å². The molecule has 1 aromatic heterocycles. The van der Waals surface area contributed by atoms with Crippen molar-refractivity contribution in [2.45, 2.75) is 19.4 Å². The second-order valence-corrected chi connectivity index (χ2v) is 5.11. The van der Waals surface area contributed by atoms with Crippen LogP contribution in [-0.4, -0.2) is 52.7 Å². The molecule has 1 aromatic rings. The third-order valence-electron chi connectivity index (χ3n) is 2.73. The second-order valence-electron chi connectivity index (χ2n) is 4.05. The minimum absolute atomic E-state index is 0.0527. The number of carboxylic acid groups (broad SMARTS) is 1. The van der Waals surface area contributed by atoms with Crippen molar-refractivity contribution in [2.24, 2.45) is 0 Å². The lowest BCUT2D eigenvalue weighted by Gasteiger charge is -2.32. The summed E-state index contributed by atoms with van der Waals surface area (Å²) >= 11 is 1.48. The van der Waals surface area contributed by atoms with Gasteiger partial charge in [-0.3, -0.25) is 4.79 Å². The number of thiazole rings is 1. The summed E-state index contributed by atoms with van der Waals surface area (Å²) in [6, 6.07) is -0.883. The summed E-state index contributed by atoms with van der Waals surface area (Å²) in [5, 5.41) is 11.8. The van der Waals surface area contributed by atoms with Gasteiger partial charge in [-0.1, -0.05) is 0 Å². The first-order chi connectivity index (χ1) is 8.58. The molecule has 1 N–H and O–H groups in total. The highest BCUT2D eigenvalue weighted by molar-refractivity contribution is 7.09. The fourth-order valence-corrected chi connectivity index (χ4v) is 2.47. The van der Waals surface area contributed by atoms with E-state index in [4.69, 9.17) is 9.84 Å². The quantitative estimate of drug-likeness (QED) is 0.855. The van der Waals surface area contributed by atoms with Crippen LogP contribution >= 0.6 is 11.3 Å². The Morgan fingerprint density at radius 3 is 3.06 bits per heavy atom. The summed E-state index contributed by atoms with van der Waals surface area (Å²) in [7, 11) is 0. The molecular weight excluding hydrogens is 256 g/mol. The van der Waals surface area contributed by atoms with Gasteiger partial charge in [-0.15, -0.1) is 11.3 Å². The number of aromatic nitrogens is 1. The van der Waals surface area contributed by atoms with Crippen LogP contribution in [0.5, 0.6) is 0 Å². The van der Waals surface area contributed by atoms with Crippen molar-refractivity contribution in [3.8, 4) is 0 Å². The summed E-state index contributed by atoms with van der Waals surface area (Å²) < 4.78 is 5.09. The highest BCUT2D eigenvalue weighted by Crippen LogP contribution is 2.13. The van der Waals surface area contributed by atoms with Gasteiger partial charge in [0.1, 0.15) is 0 Å². The molecular formula is C11H14N2O4S. The molecule has 0 radical (unpaired) electrons. The van der Waals surface area contributed by atoms with E-state index in [-0.39, 0.29) is 18.9 Å². The van der Waals surface area contributed by atoms with E-state index in [1.807, 2.05) is 12.3 Å². The van der Waals surface area contributed by atoms with Gasteiger partial charge in [0.15, 0.2) is 6.04 Å². The molecule has 98 valence electrons. The number of amides is 1. The summed E-state index contributed by atoms with van der Waals surface area (Å²) in [6.07, 6.45) is 0.147. The first-order valence-electron chi connectivity index (χ1n) is 5.59. The van der Waals surface area contributed by atoms with E-state index >= 15 is 0 Å². The van der Waals surface area contributed by atoms with Crippen molar-refractivity contribution in [1.82, 2.24) is 9.88 Å². The molecule has 2 rings (SSSR count). The molecule has 1 aliphatic rings. The van der Waals surface area contributed by atoms with Gasteiger partial charge in [0.05, 0.1) is 30.3 Å². The van der Waals surface area contributed by atoms with Crippen LogP contribution in [0.3, 0.4) is 0 Å². The van der Waals surface area contributed by atoms with Gasteiger partial charge in [0, 0.05) is 11.9 Å². The molecule has 1 amide bonds. The maximum Gasteiger partial charge on any atom is 0.328 e. The first-order valence-corrected chi connectivity index (χ1v) is 6.47. The number of nitrogens with zero attached hydrogens (tertiary/aromatic N) is 2. The molecule has 0 spiro atoms. The summed E-state index contributed by atoms with van der Waals surface area (Å²) in [5.74, 6) is -1.24. The normalized spacial score (nSPS) is 19.8. The maximum absolute atomic E-state index is 12.1.